The molecule has 1 aliphatic heterocycles. The molecule has 0 radical (unpaired) electrons. The van der Waals surface area contributed by atoms with Gasteiger partial charge >= 0.3 is 5.97 Å². The minimum Gasteiger partial charge on any atom is -0.482 e. The summed E-state index contributed by atoms with van der Waals surface area (Å²) in [5, 5.41) is 11.9. The number of ether oxygens (including phenoxy) is 1. The topological polar surface area (TPSA) is 95.9 Å². The fourth-order valence-electron chi connectivity index (χ4n) is 2.80. The number of carboxylic acid groups (broad SMARTS) is 1. The normalized spacial score (nSPS) is 13.0. The van der Waals surface area contributed by atoms with E-state index in [4.69, 9.17) is 9.84 Å². The summed E-state index contributed by atoms with van der Waals surface area (Å²) in [6, 6.07) is 9.86. The van der Waals surface area contributed by atoms with E-state index in [1.807, 2.05) is 32.0 Å². The molecule has 2 aromatic carbocycles. The van der Waals surface area contributed by atoms with Crippen molar-refractivity contribution in [3.05, 3.63) is 53.1 Å². The van der Waals surface area contributed by atoms with Gasteiger partial charge in [-0.2, -0.15) is 0 Å². The minimum atomic E-state index is -1.09. The molecule has 0 saturated heterocycles. The van der Waals surface area contributed by atoms with Crippen molar-refractivity contribution < 1.29 is 24.2 Å². The number of benzene rings is 2. The molecule has 26 heavy (non-hydrogen) atoms. The number of anilines is 2. The highest BCUT2D eigenvalue weighted by Gasteiger charge is 2.28. The molecule has 0 atom stereocenters. The fraction of sp³-hybridized carbons (Fsp3) is 0.211. The maximum atomic E-state index is 12.4. The summed E-state index contributed by atoms with van der Waals surface area (Å²) in [6.07, 6.45) is 0. The lowest BCUT2D eigenvalue weighted by Crippen LogP contribution is -2.43. The van der Waals surface area contributed by atoms with Gasteiger partial charge in [0.1, 0.15) is 12.3 Å². The van der Waals surface area contributed by atoms with Gasteiger partial charge in [-0.15, -0.1) is 0 Å². The lowest BCUT2D eigenvalue weighted by molar-refractivity contribution is -0.123. The molecule has 3 rings (SSSR count). The summed E-state index contributed by atoms with van der Waals surface area (Å²) in [4.78, 5) is 37.0. The maximum absolute atomic E-state index is 12.4. The van der Waals surface area contributed by atoms with E-state index >= 15 is 0 Å². The Labute approximate surface area is 150 Å². The third-order valence-electron chi connectivity index (χ3n) is 4.11. The summed E-state index contributed by atoms with van der Waals surface area (Å²) in [5.41, 5.74) is 3.13. The lowest BCUT2D eigenvalue weighted by Gasteiger charge is -2.29. The van der Waals surface area contributed by atoms with Crippen LogP contribution in [0.25, 0.3) is 0 Å². The second-order valence-electron chi connectivity index (χ2n) is 6.12. The third-order valence-corrected chi connectivity index (χ3v) is 4.11. The number of carbonyl (C=O) groups is 3. The van der Waals surface area contributed by atoms with Gasteiger partial charge in [0.25, 0.3) is 5.91 Å². The second kappa shape index (κ2) is 6.87. The summed E-state index contributed by atoms with van der Waals surface area (Å²) in [6.45, 7) is 3.43. The van der Waals surface area contributed by atoms with Crippen LogP contribution in [0.5, 0.6) is 5.75 Å². The van der Waals surface area contributed by atoms with Crippen molar-refractivity contribution in [3.63, 3.8) is 0 Å². The SMILES string of the molecule is Cc1ccc(NC(=O)CN2C(=O)COc3cc(C(=O)O)ccc32)c(C)c1. The van der Waals surface area contributed by atoms with E-state index in [2.05, 4.69) is 5.32 Å². The van der Waals surface area contributed by atoms with Crippen molar-refractivity contribution in [2.24, 2.45) is 0 Å². The first-order valence-electron chi connectivity index (χ1n) is 8.03. The highest BCUT2D eigenvalue weighted by Crippen LogP contribution is 2.33. The quantitative estimate of drug-likeness (QED) is 0.879. The molecule has 2 amide bonds. The Morgan fingerprint density at radius 2 is 1.96 bits per heavy atom. The largest absolute Gasteiger partial charge is 0.482 e. The molecule has 0 aromatic heterocycles. The Morgan fingerprint density at radius 3 is 2.65 bits per heavy atom. The van der Waals surface area contributed by atoms with Crippen LogP contribution in [-0.4, -0.2) is 36.0 Å². The average Bonchev–Trinajstić information content (AvgIpc) is 2.59. The molecule has 2 aromatic rings. The predicted molar refractivity (Wildman–Crippen MR) is 95.8 cm³/mol. The monoisotopic (exact) mass is 354 g/mol. The maximum Gasteiger partial charge on any atom is 0.335 e. The van der Waals surface area contributed by atoms with Crippen molar-refractivity contribution in [1.29, 1.82) is 0 Å². The molecule has 1 aliphatic rings. The molecule has 0 unspecified atom stereocenters. The molecule has 0 bridgehead atoms. The van der Waals surface area contributed by atoms with E-state index in [0.29, 0.717) is 11.4 Å². The zero-order chi connectivity index (χ0) is 18.8. The Bertz CT molecular complexity index is 907. The number of amides is 2. The number of carboxylic acids is 1. The van der Waals surface area contributed by atoms with E-state index in [1.54, 1.807) is 0 Å². The first-order chi connectivity index (χ1) is 12.3. The smallest absolute Gasteiger partial charge is 0.335 e. The molecule has 2 N–H and O–H groups in total. The van der Waals surface area contributed by atoms with Crippen LogP contribution in [0.1, 0.15) is 21.5 Å². The van der Waals surface area contributed by atoms with Gasteiger partial charge < -0.3 is 15.2 Å². The van der Waals surface area contributed by atoms with Gasteiger partial charge in [-0.25, -0.2) is 4.79 Å². The van der Waals surface area contributed by atoms with Crippen molar-refractivity contribution in [2.45, 2.75) is 13.8 Å². The molecule has 134 valence electrons. The molecular formula is C19H18N2O5. The van der Waals surface area contributed by atoms with Gasteiger partial charge in [-0.3, -0.25) is 14.5 Å². The fourth-order valence-corrected chi connectivity index (χ4v) is 2.80. The molecule has 1 heterocycles. The first kappa shape index (κ1) is 17.5. The van der Waals surface area contributed by atoms with Crippen LogP contribution >= 0.6 is 0 Å². The van der Waals surface area contributed by atoms with Gasteiger partial charge in [-0.05, 0) is 43.7 Å². The van der Waals surface area contributed by atoms with Crippen LogP contribution in [-0.2, 0) is 9.59 Å². The summed E-state index contributed by atoms with van der Waals surface area (Å²) in [5.74, 6) is -1.53. The third kappa shape index (κ3) is 3.51. The van der Waals surface area contributed by atoms with Gasteiger partial charge in [-0.1, -0.05) is 17.7 Å². The van der Waals surface area contributed by atoms with Gasteiger partial charge in [0, 0.05) is 5.69 Å². The van der Waals surface area contributed by atoms with Gasteiger partial charge in [0.05, 0.1) is 11.3 Å². The zero-order valence-electron chi connectivity index (χ0n) is 14.4. The number of fused-ring (bicyclic) bond motifs is 1. The highest BCUT2D eigenvalue weighted by molar-refractivity contribution is 6.05. The molecule has 0 fully saturated rings. The number of carbonyl (C=O) groups excluding carboxylic acids is 2. The van der Waals surface area contributed by atoms with Crippen molar-refractivity contribution in [1.82, 2.24) is 0 Å². The average molecular weight is 354 g/mol. The van der Waals surface area contributed by atoms with Crippen molar-refractivity contribution in [3.8, 4) is 5.75 Å². The minimum absolute atomic E-state index is 0.0535. The summed E-state index contributed by atoms with van der Waals surface area (Å²) in [7, 11) is 0. The number of hydrogen-bond donors (Lipinski definition) is 2. The standard InChI is InChI=1S/C19H18N2O5/c1-11-3-5-14(12(2)7-11)20-17(22)9-21-15-6-4-13(19(24)25)8-16(15)26-10-18(21)23/h3-8H,9-10H2,1-2H3,(H,20,22)(H,24,25). The van der Waals surface area contributed by atoms with Gasteiger partial charge in [0.2, 0.25) is 5.91 Å². The molecule has 7 heteroatoms. The van der Waals surface area contributed by atoms with Crippen LogP contribution in [0.15, 0.2) is 36.4 Å². The molecular weight excluding hydrogens is 336 g/mol. The Hall–Kier alpha value is -3.35. The number of rotatable bonds is 4. The van der Waals surface area contributed by atoms with Crippen LogP contribution in [0, 0.1) is 13.8 Å². The summed E-state index contributed by atoms with van der Waals surface area (Å²) >= 11 is 0. The summed E-state index contributed by atoms with van der Waals surface area (Å²) < 4.78 is 5.30. The van der Waals surface area contributed by atoms with Crippen LogP contribution < -0.4 is 15.0 Å². The van der Waals surface area contributed by atoms with Gasteiger partial charge in [0.15, 0.2) is 6.61 Å². The Balaban J connectivity index is 1.80. The van der Waals surface area contributed by atoms with E-state index in [9.17, 15) is 14.4 Å². The molecule has 0 aliphatic carbocycles. The Kier molecular flexibility index (Phi) is 4.62. The van der Waals surface area contributed by atoms with E-state index in [0.717, 1.165) is 11.1 Å². The number of hydrogen-bond acceptors (Lipinski definition) is 4. The number of nitrogens with one attached hydrogen (secondary N) is 1. The predicted octanol–water partition coefficient (Wildman–Crippen LogP) is 2.37. The molecule has 7 nitrogen and oxygen atoms in total. The Morgan fingerprint density at radius 1 is 1.19 bits per heavy atom. The van der Waals surface area contributed by atoms with E-state index in [-0.39, 0.29) is 36.3 Å². The van der Waals surface area contributed by atoms with E-state index < -0.39 is 5.97 Å². The second-order valence-corrected chi connectivity index (χ2v) is 6.12. The zero-order valence-corrected chi connectivity index (χ0v) is 14.4. The lowest BCUT2D eigenvalue weighted by atomic mass is 10.1. The molecule has 0 saturated carbocycles. The highest BCUT2D eigenvalue weighted by atomic mass is 16.5. The van der Waals surface area contributed by atoms with Crippen LogP contribution in [0.3, 0.4) is 0 Å². The number of aromatic carboxylic acids is 1. The number of nitrogens with zero attached hydrogens (tertiary/aromatic N) is 1. The number of aryl methyl sites for hydroxylation is 2. The van der Waals surface area contributed by atoms with Crippen LogP contribution in [0.4, 0.5) is 11.4 Å². The van der Waals surface area contributed by atoms with Crippen molar-refractivity contribution >= 4 is 29.2 Å². The first-order valence-corrected chi connectivity index (χ1v) is 8.03. The molecule has 0 spiro atoms. The van der Waals surface area contributed by atoms with Crippen LogP contribution in [0.2, 0.25) is 0 Å². The van der Waals surface area contributed by atoms with Crippen molar-refractivity contribution in [2.75, 3.05) is 23.4 Å². The van der Waals surface area contributed by atoms with E-state index in [1.165, 1.54) is 23.1 Å².